The third-order valence-electron chi connectivity index (χ3n) is 1.05. The third-order valence-corrected chi connectivity index (χ3v) is 1.05. The van der Waals surface area contributed by atoms with Crippen LogP contribution in [0.5, 0.6) is 0 Å². The molecular weight excluding hydrogens is 167 g/mol. The molecule has 0 aromatic heterocycles. The molecule has 0 saturated heterocycles. The Morgan fingerprint density at radius 1 is 1.67 bits per heavy atom. The molecule has 0 radical (unpaired) electrons. The maximum Gasteiger partial charge on any atom is 0.407 e. The van der Waals surface area contributed by atoms with E-state index >= 15 is 0 Å². The minimum absolute atomic E-state index is 0.135. The maximum absolute atomic E-state index is 11.5. The number of halogens is 1. The van der Waals surface area contributed by atoms with Gasteiger partial charge in [0.2, 0.25) is 0 Å². The van der Waals surface area contributed by atoms with Crippen molar-refractivity contribution in [2.45, 2.75) is 13.0 Å². The van der Waals surface area contributed by atoms with E-state index in [2.05, 4.69) is 10.1 Å². The number of hydrogen-bond acceptors (Lipinski definition) is 3. The molecule has 70 valence electrons. The number of nitrogens with two attached hydrogens (primary N) is 1. The van der Waals surface area contributed by atoms with Gasteiger partial charge in [-0.1, -0.05) is 0 Å². The van der Waals surface area contributed by atoms with Gasteiger partial charge in [-0.25, -0.2) is 9.18 Å². The first-order chi connectivity index (χ1) is 5.57. The van der Waals surface area contributed by atoms with Gasteiger partial charge in [-0.3, -0.25) is 4.79 Å². The van der Waals surface area contributed by atoms with Gasteiger partial charge in [0.1, 0.15) is 6.67 Å². The number of alkyl halides is 1. The van der Waals surface area contributed by atoms with Crippen LogP contribution >= 0.6 is 0 Å². The Morgan fingerprint density at radius 3 is 2.67 bits per heavy atom. The fourth-order valence-electron chi connectivity index (χ4n) is 0.410. The van der Waals surface area contributed by atoms with E-state index in [9.17, 15) is 14.0 Å². The van der Waals surface area contributed by atoms with E-state index in [0.717, 1.165) is 0 Å². The second-order valence-electron chi connectivity index (χ2n) is 2.07. The smallest absolute Gasteiger partial charge is 0.407 e. The van der Waals surface area contributed by atoms with Crippen LogP contribution in [0.2, 0.25) is 0 Å². The number of rotatable bonds is 4. The fourth-order valence-corrected chi connectivity index (χ4v) is 0.410. The van der Waals surface area contributed by atoms with Crippen molar-refractivity contribution < 1.29 is 18.7 Å². The molecule has 0 aromatic carbocycles. The van der Waals surface area contributed by atoms with Crippen molar-refractivity contribution in [2.75, 3.05) is 13.2 Å². The molecule has 5 nitrogen and oxygen atoms in total. The Balaban J connectivity index is 3.61. The molecule has 0 saturated carbocycles. The SMILES string of the molecule is C[C@H](OC(=O)NCCF)C(N)=O. The Kier molecular flexibility index (Phi) is 4.75. The largest absolute Gasteiger partial charge is 0.436 e. The summed E-state index contributed by atoms with van der Waals surface area (Å²) < 4.78 is 15.9. The molecule has 0 rings (SSSR count). The lowest BCUT2D eigenvalue weighted by Crippen LogP contribution is -2.35. The molecule has 2 amide bonds. The summed E-state index contributed by atoms with van der Waals surface area (Å²) in [6.45, 7) is 0.516. The normalized spacial score (nSPS) is 11.8. The second-order valence-corrected chi connectivity index (χ2v) is 2.07. The molecule has 0 aromatic rings. The van der Waals surface area contributed by atoms with Gasteiger partial charge in [0.05, 0.1) is 0 Å². The number of primary amides is 1. The van der Waals surface area contributed by atoms with E-state index in [1.807, 2.05) is 0 Å². The van der Waals surface area contributed by atoms with E-state index < -0.39 is 24.8 Å². The topological polar surface area (TPSA) is 81.4 Å². The van der Waals surface area contributed by atoms with Crippen molar-refractivity contribution >= 4 is 12.0 Å². The molecule has 0 spiro atoms. The van der Waals surface area contributed by atoms with Crippen molar-refractivity contribution in [3.8, 4) is 0 Å². The molecule has 12 heavy (non-hydrogen) atoms. The summed E-state index contributed by atoms with van der Waals surface area (Å²) in [5.41, 5.74) is 4.79. The van der Waals surface area contributed by atoms with Gasteiger partial charge < -0.3 is 15.8 Å². The van der Waals surface area contributed by atoms with Crippen molar-refractivity contribution in [3.05, 3.63) is 0 Å². The Hall–Kier alpha value is -1.33. The number of alkyl carbamates (subject to hydrolysis) is 1. The zero-order valence-corrected chi connectivity index (χ0v) is 6.67. The highest BCUT2D eigenvalue weighted by Crippen LogP contribution is 1.88. The Labute approximate surface area is 69.1 Å². The molecular formula is C6H11FN2O3. The van der Waals surface area contributed by atoms with Gasteiger partial charge in [0.25, 0.3) is 5.91 Å². The first kappa shape index (κ1) is 10.7. The van der Waals surface area contributed by atoms with E-state index in [4.69, 9.17) is 5.73 Å². The molecule has 0 fully saturated rings. The van der Waals surface area contributed by atoms with Crippen molar-refractivity contribution in [1.29, 1.82) is 0 Å². The van der Waals surface area contributed by atoms with Gasteiger partial charge in [-0.2, -0.15) is 0 Å². The van der Waals surface area contributed by atoms with Crippen LogP contribution in [0.15, 0.2) is 0 Å². The molecule has 0 aliphatic carbocycles. The first-order valence-corrected chi connectivity index (χ1v) is 3.37. The molecule has 0 heterocycles. The highest BCUT2D eigenvalue weighted by Gasteiger charge is 2.13. The highest BCUT2D eigenvalue weighted by molar-refractivity contribution is 5.81. The van der Waals surface area contributed by atoms with Crippen molar-refractivity contribution in [1.82, 2.24) is 5.32 Å². The summed E-state index contributed by atoms with van der Waals surface area (Å²) >= 11 is 0. The molecule has 0 unspecified atom stereocenters. The minimum Gasteiger partial charge on any atom is -0.436 e. The average molecular weight is 178 g/mol. The Bertz CT molecular complexity index is 174. The summed E-state index contributed by atoms with van der Waals surface area (Å²) in [4.78, 5) is 21.0. The lowest BCUT2D eigenvalue weighted by molar-refractivity contribution is -0.125. The molecule has 0 aliphatic rings. The van der Waals surface area contributed by atoms with Crippen LogP contribution in [-0.4, -0.2) is 31.3 Å². The molecule has 1 atom stereocenters. The lowest BCUT2D eigenvalue weighted by atomic mass is 10.4. The van der Waals surface area contributed by atoms with Gasteiger partial charge in [-0.05, 0) is 6.92 Å². The number of nitrogens with one attached hydrogen (secondary N) is 1. The lowest BCUT2D eigenvalue weighted by Gasteiger charge is -2.09. The summed E-state index contributed by atoms with van der Waals surface area (Å²) in [5, 5.41) is 2.07. The van der Waals surface area contributed by atoms with E-state index in [1.54, 1.807) is 0 Å². The van der Waals surface area contributed by atoms with Crippen LogP contribution in [0.4, 0.5) is 9.18 Å². The van der Waals surface area contributed by atoms with Gasteiger partial charge >= 0.3 is 6.09 Å². The van der Waals surface area contributed by atoms with Gasteiger partial charge in [-0.15, -0.1) is 0 Å². The zero-order chi connectivity index (χ0) is 9.56. The number of amides is 2. The monoisotopic (exact) mass is 178 g/mol. The fraction of sp³-hybridized carbons (Fsp3) is 0.667. The number of hydrogen-bond donors (Lipinski definition) is 2. The number of carbonyl (C=O) groups excluding carboxylic acids is 2. The molecule has 3 N–H and O–H groups in total. The van der Waals surface area contributed by atoms with Crippen LogP contribution in [0.3, 0.4) is 0 Å². The van der Waals surface area contributed by atoms with Gasteiger partial charge in [0, 0.05) is 6.54 Å². The molecule has 6 heteroatoms. The van der Waals surface area contributed by atoms with Gasteiger partial charge in [0.15, 0.2) is 6.10 Å². The summed E-state index contributed by atoms with van der Waals surface area (Å²) in [7, 11) is 0. The van der Waals surface area contributed by atoms with Crippen molar-refractivity contribution in [2.24, 2.45) is 5.73 Å². The average Bonchev–Trinajstić information content (AvgIpc) is 2.00. The number of ether oxygens (including phenoxy) is 1. The van der Waals surface area contributed by atoms with Crippen LogP contribution in [0.1, 0.15) is 6.92 Å². The van der Waals surface area contributed by atoms with Crippen LogP contribution in [0.25, 0.3) is 0 Å². The predicted molar refractivity (Wildman–Crippen MR) is 39.1 cm³/mol. The molecule has 0 bridgehead atoms. The summed E-state index contributed by atoms with van der Waals surface area (Å²) in [6.07, 6.45) is -1.84. The van der Waals surface area contributed by atoms with Crippen LogP contribution in [-0.2, 0) is 9.53 Å². The predicted octanol–water partition coefficient (Wildman–Crippen LogP) is -0.444. The van der Waals surface area contributed by atoms with E-state index in [1.165, 1.54) is 6.92 Å². The van der Waals surface area contributed by atoms with Crippen LogP contribution < -0.4 is 11.1 Å². The highest BCUT2D eigenvalue weighted by atomic mass is 19.1. The maximum atomic E-state index is 11.5. The third kappa shape index (κ3) is 4.48. The number of carbonyl (C=O) groups is 2. The van der Waals surface area contributed by atoms with E-state index in [0.29, 0.717) is 0 Å². The van der Waals surface area contributed by atoms with E-state index in [-0.39, 0.29) is 6.54 Å². The van der Waals surface area contributed by atoms with Crippen molar-refractivity contribution in [3.63, 3.8) is 0 Å². The first-order valence-electron chi connectivity index (χ1n) is 3.37. The second kappa shape index (κ2) is 5.34. The summed E-state index contributed by atoms with van der Waals surface area (Å²) in [6, 6.07) is 0. The van der Waals surface area contributed by atoms with Crippen LogP contribution in [0, 0.1) is 0 Å². The minimum atomic E-state index is -0.996. The standard InChI is InChI=1S/C6H11FN2O3/c1-4(5(8)10)12-6(11)9-3-2-7/h4H,2-3H2,1H3,(H2,8,10)(H,9,11)/t4-/m0/s1. The summed E-state index contributed by atoms with van der Waals surface area (Å²) in [5.74, 6) is -0.745. The molecule has 0 aliphatic heterocycles. The quantitative estimate of drug-likeness (QED) is 0.612. The Morgan fingerprint density at radius 2 is 2.25 bits per heavy atom. The zero-order valence-electron chi connectivity index (χ0n) is 6.67.